The van der Waals surface area contributed by atoms with Crippen molar-refractivity contribution >= 4 is 5.65 Å². The van der Waals surface area contributed by atoms with Crippen LogP contribution in [-0.2, 0) is 6.42 Å². The summed E-state index contributed by atoms with van der Waals surface area (Å²) in [6, 6.07) is 15.9. The molecule has 0 spiro atoms. The minimum absolute atomic E-state index is 0.327. The van der Waals surface area contributed by atoms with Gasteiger partial charge in [-0.1, -0.05) is 6.07 Å². The zero-order valence-electron chi connectivity index (χ0n) is 12.0. The van der Waals surface area contributed by atoms with Crippen LogP contribution in [0.15, 0.2) is 42.5 Å². The highest BCUT2D eigenvalue weighted by atomic mass is 16.5. The van der Waals surface area contributed by atoms with E-state index in [2.05, 4.69) is 11.1 Å². The molecule has 0 radical (unpaired) electrons. The van der Waals surface area contributed by atoms with Gasteiger partial charge >= 0.3 is 0 Å². The SMILES string of the molecule is COc1ccc(-c2nc3cccc(C)n3c2CC#N)cc1. The summed E-state index contributed by atoms with van der Waals surface area (Å²) in [5.41, 5.74) is 4.71. The fourth-order valence-electron chi connectivity index (χ4n) is 2.54. The largest absolute Gasteiger partial charge is 0.497 e. The summed E-state index contributed by atoms with van der Waals surface area (Å²) < 4.78 is 7.23. The van der Waals surface area contributed by atoms with E-state index in [9.17, 15) is 0 Å². The van der Waals surface area contributed by atoms with Gasteiger partial charge in [0, 0.05) is 11.3 Å². The molecule has 0 bridgehead atoms. The van der Waals surface area contributed by atoms with Gasteiger partial charge in [0.05, 0.1) is 31.0 Å². The van der Waals surface area contributed by atoms with E-state index in [4.69, 9.17) is 10.00 Å². The summed E-state index contributed by atoms with van der Waals surface area (Å²) in [6.07, 6.45) is 0.327. The third-order valence-corrected chi connectivity index (χ3v) is 3.54. The van der Waals surface area contributed by atoms with Crippen LogP contribution in [0.25, 0.3) is 16.9 Å². The maximum atomic E-state index is 9.13. The number of benzene rings is 1. The van der Waals surface area contributed by atoms with Crippen molar-refractivity contribution in [3.8, 4) is 23.1 Å². The number of nitriles is 1. The lowest BCUT2D eigenvalue weighted by atomic mass is 10.1. The first-order chi connectivity index (χ1) is 10.2. The Morgan fingerprint density at radius 2 is 1.95 bits per heavy atom. The molecule has 0 aliphatic heterocycles. The number of hydrogen-bond donors (Lipinski definition) is 0. The van der Waals surface area contributed by atoms with E-state index < -0.39 is 0 Å². The molecule has 2 aromatic heterocycles. The number of pyridine rings is 1. The van der Waals surface area contributed by atoms with Crippen LogP contribution in [0.2, 0.25) is 0 Å². The summed E-state index contributed by atoms with van der Waals surface area (Å²) in [5, 5.41) is 9.13. The van der Waals surface area contributed by atoms with Crippen molar-refractivity contribution in [3.63, 3.8) is 0 Å². The molecule has 0 aliphatic rings. The number of aryl methyl sites for hydroxylation is 1. The Morgan fingerprint density at radius 1 is 1.19 bits per heavy atom. The van der Waals surface area contributed by atoms with Crippen molar-refractivity contribution in [1.82, 2.24) is 9.38 Å². The van der Waals surface area contributed by atoms with Crippen LogP contribution in [0.4, 0.5) is 0 Å². The monoisotopic (exact) mass is 277 g/mol. The molecular formula is C17H15N3O. The van der Waals surface area contributed by atoms with Crippen molar-refractivity contribution < 1.29 is 4.74 Å². The van der Waals surface area contributed by atoms with Gasteiger partial charge in [-0.25, -0.2) is 4.98 Å². The summed E-state index contributed by atoms with van der Waals surface area (Å²) >= 11 is 0. The zero-order chi connectivity index (χ0) is 14.8. The molecule has 3 aromatic rings. The molecule has 104 valence electrons. The second-order valence-electron chi connectivity index (χ2n) is 4.83. The molecule has 2 heterocycles. The molecule has 0 unspecified atom stereocenters. The van der Waals surface area contributed by atoms with Gasteiger partial charge in [0.2, 0.25) is 0 Å². The first-order valence-electron chi connectivity index (χ1n) is 6.73. The molecule has 1 aromatic carbocycles. The molecule has 0 aliphatic carbocycles. The average Bonchev–Trinajstić information content (AvgIpc) is 2.88. The van der Waals surface area contributed by atoms with Crippen LogP contribution in [-0.4, -0.2) is 16.5 Å². The molecule has 4 nitrogen and oxygen atoms in total. The number of ether oxygens (including phenoxy) is 1. The number of aromatic nitrogens is 2. The number of hydrogen-bond acceptors (Lipinski definition) is 3. The van der Waals surface area contributed by atoms with Gasteiger partial charge in [-0.05, 0) is 43.3 Å². The number of fused-ring (bicyclic) bond motifs is 1. The second-order valence-corrected chi connectivity index (χ2v) is 4.83. The molecule has 0 N–H and O–H groups in total. The van der Waals surface area contributed by atoms with E-state index in [1.807, 2.05) is 53.8 Å². The number of rotatable bonds is 3. The van der Waals surface area contributed by atoms with Crippen molar-refractivity contribution in [2.45, 2.75) is 13.3 Å². The highest BCUT2D eigenvalue weighted by Gasteiger charge is 2.14. The van der Waals surface area contributed by atoms with Crippen LogP contribution >= 0.6 is 0 Å². The molecule has 0 atom stereocenters. The molecule has 0 saturated heterocycles. The summed E-state index contributed by atoms with van der Waals surface area (Å²) in [5.74, 6) is 0.806. The van der Waals surface area contributed by atoms with E-state index in [1.54, 1.807) is 7.11 Å². The van der Waals surface area contributed by atoms with Crippen LogP contribution in [0, 0.1) is 18.3 Å². The molecule has 0 saturated carbocycles. The third-order valence-electron chi connectivity index (χ3n) is 3.54. The van der Waals surface area contributed by atoms with Gasteiger partial charge in [0.25, 0.3) is 0 Å². The molecule has 0 fully saturated rings. The first-order valence-corrected chi connectivity index (χ1v) is 6.73. The number of imidazole rings is 1. The van der Waals surface area contributed by atoms with Crippen LogP contribution < -0.4 is 4.74 Å². The molecule has 0 amide bonds. The van der Waals surface area contributed by atoms with E-state index in [-0.39, 0.29) is 0 Å². The fourth-order valence-corrected chi connectivity index (χ4v) is 2.54. The number of methoxy groups -OCH3 is 1. The Bertz CT molecular complexity index is 826. The smallest absolute Gasteiger partial charge is 0.137 e. The Labute approximate surface area is 123 Å². The molecule has 3 rings (SSSR count). The van der Waals surface area contributed by atoms with E-state index in [0.717, 1.165) is 34.0 Å². The van der Waals surface area contributed by atoms with Gasteiger partial charge in [0.1, 0.15) is 11.4 Å². The predicted molar refractivity (Wildman–Crippen MR) is 81.2 cm³/mol. The quantitative estimate of drug-likeness (QED) is 0.737. The Balaban J connectivity index is 2.23. The van der Waals surface area contributed by atoms with E-state index in [1.165, 1.54) is 0 Å². The lowest BCUT2D eigenvalue weighted by Gasteiger charge is -2.05. The lowest BCUT2D eigenvalue weighted by molar-refractivity contribution is 0.415. The minimum atomic E-state index is 0.327. The summed E-state index contributed by atoms with van der Waals surface area (Å²) in [6.45, 7) is 2.02. The van der Waals surface area contributed by atoms with Crippen molar-refractivity contribution in [2.24, 2.45) is 0 Å². The summed E-state index contributed by atoms with van der Waals surface area (Å²) in [4.78, 5) is 4.69. The van der Waals surface area contributed by atoms with Crippen molar-refractivity contribution in [1.29, 1.82) is 5.26 Å². The highest BCUT2D eigenvalue weighted by Crippen LogP contribution is 2.27. The molecule has 4 heteroatoms. The van der Waals surface area contributed by atoms with Gasteiger partial charge in [-0.2, -0.15) is 5.26 Å². The van der Waals surface area contributed by atoms with Gasteiger partial charge in [0.15, 0.2) is 0 Å². The molecule has 21 heavy (non-hydrogen) atoms. The maximum Gasteiger partial charge on any atom is 0.137 e. The van der Waals surface area contributed by atoms with Crippen molar-refractivity contribution in [2.75, 3.05) is 7.11 Å². The third kappa shape index (κ3) is 2.23. The highest BCUT2D eigenvalue weighted by molar-refractivity contribution is 5.68. The lowest BCUT2D eigenvalue weighted by Crippen LogP contribution is -1.97. The summed E-state index contributed by atoms with van der Waals surface area (Å²) in [7, 11) is 1.64. The minimum Gasteiger partial charge on any atom is -0.497 e. The Morgan fingerprint density at radius 3 is 2.62 bits per heavy atom. The Hall–Kier alpha value is -2.80. The van der Waals surface area contributed by atoms with Gasteiger partial charge in [-0.3, -0.25) is 4.40 Å². The predicted octanol–water partition coefficient (Wildman–Crippen LogP) is 3.38. The van der Waals surface area contributed by atoms with Crippen LogP contribution in [0.1, 0.15) is 11.4 Å². The second kappa shape index (κ2) is 5.29. The molecular weight excluding hydrogens is 262 g/mol. The number of nitrogens with zero attached hydrogens (tertiary/aromatic N) is 3. The first kappa shape index (κ1) is 13.2. The normalized spacial score (nSPS) is 10.5. The Kier molecular flexibility index (Phi) is 3.33. The zero-order valence-corrected chi connectivity index (χ0v) is 12.0. The standard InChI is InChI=1S/C17H15N3O/c1-12-4-3-5-16-19-17(15(10-11-18)20(12)16)13-6-8-14(21-2)9-7-13/h3-9H,10H2,1-2H3. The van der Waals surface area contributed by atoms with E-state index >= 15 is 0 Å². The van der Waals surface area contributed by atoms with E-state index in [0.29, 0.717) is 6.42 Å². The van der Waals surface area contributed by atoms with Gasteiger partial charge < -0.3 is 4.74 Å². The van der Waals surface area contributed by atoms with Gasteiger partial charge in [-0.15, -0.1) is 0 Å². The van der Waals surface area contributed by atoms with Crippen LogP contribution in [0.3, 0.4) is 0 Å². The van der Waals surface area contributed by atoms with Crippen molar-refractivity contribution in [3.05, 3.63) is 53.9 Å². The average molecular weight is 277 g/mol. The van der Waals surface area contributed by atoms with Crippen LogP contribution in [0.5, 0.6) is 5.75 Å². The topological polar surface area (TPSA) is 50.3 Å². The maximum absolute atomic E-state index is 9.13. The fraction of sp³-hybridized carbons (Fsp3) is 0.176.